The first-order valence-electron chi connectivity index (χ1n) is 10.4. The summed E-state index contributed by atoms with van der Waals surface area (Å²) in [6.07, 6.45) is 2.82. The molecule has 0 aliphatic carbocycles. The molecule has 0 spiro atoms. The largest absolute Gasteiger partial charge is 0.457 e. The predicted molar refractivity (Wildman–Crippen MR) is 125 cm³/mol. The summed E-state index contributed by atoms with van der Waals surface area (Å²) in [5.41, 5.74) is 2.37. The standard InChI is InChI=1S/C25H22FN3O4S/c1-17-22(13-14-24(28-17)34(2,31)32)29-15-3-4-23(29)25(30)27-16-18-5-9-20(10-6-18)33-21-11-7-19(26)8-12-21/h3-15H,16H2,1-2H3,(H,27,30). The van der Waals surface area contributed by atoms with Crippen LogP contribution in [0.3, 0.4) is 0 Å². The Labute approximate surface area is 196 Å². The second-order valence-electron chi connectivity index (χ2n) is 7.67. The summed E-state index contributed by atoms with van der Waals surface area (Å²) >= 11 is 0. The average Bonchev–Trinajstić information content (AvgIpc) is 3.29. The van der Waals surface area contributed by atoms with Crippen LogP contribution in [0.25, 0.3) is 5.69 Å². The second kappa shape index (κ2) is 9.48. The Bertz CT molecular complexity index is 1430. The maximum absolute atomic E-state index is 13.0. The Morgan fingerprint density at radius 2 is 1.65 bits per heavy atom. The smallest absolute Gasteiger partial charge is 0.268 e. The van der Waals surface area contributed by atoms with Gasteiger partial charge in [0.15, 0.2) is 14.9 Å². The van der Waals surface area contributed by atoms with Crippen molar-refractivity contribution in [1.29, 1.82) is 0 Å². The van der Waals surface area contributed by atoms with Crippen molar-refractivity contribution in [2.45, 2.75) is 18.5 Å². The number of rotatable bonds is 7. The van der Waals surface area contributed by atoms with Crippen molar-refractivity contribution in [3.05, 3.63) is 102 Å². The lowest BCUT2D eigenvalue weighted by Gasteiger charge is -2.13. The first kappa shape index (κ1) is 23.2. The number of hydrogen-bond acceptors (Lipinski definition) is 5. The number of nitrogens with zero attached hydrogens (tertiary/aromatic N) is 2. The maximum atomic E-state index is 13.0. The van der Waals surface area contributed by atoms with E-state index in [0.717, 1.165) is 11.8 Å². The zero-order valence-corrected chi connectivity index (χ0v) is 19.3. The molecule has 1 amide bonds. The van der Waals surface area contributed by atoms with E-state index in [4.69, 9.17) is 4.74 Å². The average molecular weight is 480 g/mol. The van der Waals surface area contributed by atoms with Crippen LogP contribution in [0.4, 0.5) is 4.39 Å². The number of amides is 1. The molecule has 4 aromatic rings. The summed E-state index contributed by atoms with van der Waals surface area (Å²) < 4.78 is 43.9. The Balaban J connectivity index is 1.43. The first-order chi connectivity index (χ1) is 16.2. The molecule has 2 aromatic carbocycles. The lowest BCUT2D eigenvalue weighted by molar-refractivity contribution is 0.0944. The van der Waals surface area contributed by atoms with E-state index in [1.807, 2.05) is 12.1 Å². The lowest BCUT2D eigenvalue weighted by atomic mass is 10.2. The number of hydrogen-bond donors (Lipinski definition) is 1. The third kappa shape index (κ3) is 5.32. The van der Waals surface area contributed by atoms with Crippen molar-refractivity contribution in [2.75, 3.05) is 6.26 Å². The topological polar surface area (TPSA) is 90.3 Å². The van der Waals surface area contributed by atoms with Gasteiger partial charge < -0.3 is 14.6 Å². The molecular weight excluding hydrogens is 457 g/mol. The van der Waals surface area contributed by atoms with Crippen LogP contribution in [0, 0.1) is 12.7 Å². The summed E-state index contributed by atoms with van der Waals surface area (Å²) in [7, 11) is -3.42. The molecule has 2 aromatic heterocycles. The lowest BCUT2D eigenvalue weighted by Crippen LogP contribution is -2.25. The van der Waals surface area contributed by atoms with Gasteiger partial charge in [-0.05, 0) is 73.2 Å². The molecular formula is C25H22FN3O4S. The van der Waals surface area contributed by atoms with E-state index in [0.29, 0.717) is 35.1 Å². The Kier molecular flexibility index (Phi) is 6.47. The number of benzene rings is 2. The number of aromatic nitrogens is 2. The highest BCUT2D eigenvalue weighted by Crippen LogP contribution is 2.22. The quantitative estimate of drug-likeness (QED) is 0.423. The summed E-state index contributed by atoms with van der Waals surface area (Å²) in [6, 6.07) is 19.4. The van der Waals surface area contributed by atoms with Crippen molar-refractivity contribution in [1.82, 2.24) is 14.9 Å². The second-order valence-corrected chi connectivity index (χ2v) is 9.63. The fourth-order valence-corrected chi connectivity index (χ4v) is 3.97. The summed E-state index contributed by atoms with van der Waals surface area (Å²) in [4.78, 5) is 17.0. The Morgan fingerprint density at radius 1 is 1.00 bits per heavy atom. The number of carbonyl (C=O) groups is 1. The molecule has 9 heteroatoms. The van der Waals surface area contributed by atoms with Gasteiger partial charge in [-0.2, -0.15) is 0 Å². The molecule has 174 valence electrons. The van der Waals surface area contributed by atoms with Gasteiger partial charge in [0.1, 0.15) is 23.0 Å². The minimum atomic E-state index is -3.42. The summed E-state index contributed by atoms with van der Waals surface area (Å²) in [6.45, 7) is 1.99. The summed E-state index contributed by atoms with van der Waals surface area (Å²) in [5.74, 6) is 0.499. The van der Waals surface area contributed by atoms with Crippen LogP contribution in [-0.4, -0.2) is 30.1 Å². The normalized spacial score (nSPS) is 11.3. The van der Waals surface area contributed by atoms with E-state index in [1.54, 1.807) is 60.2 Å². The van der Waals surface area contributed by atoms with Crippen LogP contribution in [0.2, 0.25) is 0 Å². The summed E-state index contributed by atoms with van der Waals surface area (Å²) in [5, 5.41) is 2.87. The van der Waals surface area contributed by atoms with Gasteiger partial charge in [0, 0.05) is 19.0 Å². The molecule has 34 heavy (non-hydrogen) atoms. The molecule has 4 rings (SSSR count). The van der Waals surface area contributed by atoms with Crippen molar-refractivity contribution >= 4 is 15.7 Å². The van der Waals surface area contributed by atoms with Crippen LogP contribution >= 0.6 is 0 Å². The molecule has 7 nitrogen and oxygen atoms in total. The van der Waals surface area contributed by atoms with Gasteiger partial charge in [-0.3, -0.25) is 4.79 Å². The van der Waals surface area contributed by atoms with Crippen molar-refractivity contribution in [3.8, 4) is 17.2 Å². The number of halogens is 1. The van der Waals surface area contributed by atoms with Gasteiger partial charge in [-0.15, -0.1) is 0 Å². The highest BCUT2D eigenvalue weighted by molar-refractivity contribution is 7.90. The minimum Gasteiger partial charge on any atom is -0.457 e. The zero-order chi connectivity index (χ0) is 24.3. The third-order valence-electron chi connectivity index (χ3n) is 5.08. The number of carbonyl (C=O) groups excluding carboxylic acids is 1. The van der Waals surface area contributed by atoms with Crippen molar-refractivity contribution in [3.63, 3.8) is 0 Å². The molecule has 0 saturated carbocycles. The van der Waals surface area contributed by atoms with Gasteiger partial charge in [-0.1, -0.05) is 12.1 Å². The van der Waals surface area contributed by atoms with E-state index in [2.05, 4.69) is 10.3 Å². The molecule has 0 saturated heterocycles. The molecule has 0 aliphatic heterocycles. The van der Waals surface area contributed by atoms with E-state index in [9.17, 15) is 17.6 Å². The molecule has 1 N–H and O–H groups in total. The first-order valence-corrected chi connectivity index (χ1v) is 12.3. The van der Waals surface area contributed by atoms with Gasteiger partial charge in [0.25, 0.3) is 5.91 Å². The monoisotopic (exact) mass is 479 g/mol. The molecule has 2 heterocycles. The highest BCUT2D eigenvalue weighted by atomic mass is 32.2. The van der Waals surface area contributed by atoms with Crippen LogP contribution in [0.1, 0.15) is 21.7 Å². The van der Waals surface area contributed by atoms with Crippen LogP contribution in [0.15, 0.2) is 84.0 Å². The highest BCUT2D eigenvalue weighted by Gasteiger charge is 2.16. The van der Waals surface area contributed by atoms with Gasteiger partial charge in [0.05, 0.1) is 11.4 Å². The van der Waals surface area contributed by atoms with Crippen molar-refractivity contribution < 1.29 is 22.3 Å². The van der Waals surface area contributed by atoms with E-state index >= 15 is 0 Å². The molecule has 0 unspecified atom stereocenters. The number of nitrogens with one attached hydrogen (secondary N) is 1. The van der Waals surface area contributed by atoms with E-state index in [-0.39, 0.29) is 16.8 Å². The van der Waals surface area contributed by atoms with Crippen LogP contribution in [-0.2, 0) is 16.4 Å². The number of sulfone groups is 1. The fourth-order valence-electron chi connectivity index (χ4n) is 3.35. The van der Waals surface area contributed by atoms with E-state index < -0.39 is 9.84 Å². The molecule has 0 fully saturated rings. The number of pyridine rings is 1. The SMILES string of the molecule is Cc1nc(S(C)(=O)=O)ccc1-n1cccc1C(=O)NCc1ccc(Oc2ccc(F)cc2)cc1. The molecule has 0 atom stereocenters. The van der Waals surface area contributed by atoms with Gasteiger partial charge in [0.2, 0.25) is 0 Å². The van der Waals surface area contributed by atoms with Crippen LogP contribution in [0.5, 0.6) is 11.5 Å². The number of ether oxygens (including phenoxy) is 1. The molecule has 0 aliphatic rings. The molecule has 0 bridgehead atoms. The van der Waals surface area contributed by atoms with Gasteiger partial charge in [-0.25, -0.2) is 17.8 Å². The fraction of sp³-hybridized carbons (Fsp3) is 0.120. The zero-order valence-electron chi connectivity index (χ0n) is 18.5. The molecule has 0 radical (unpaired) electrons. The van der Waals surface area contributed by atoms with Gasteiger partial charge >= 0.3 is 0 Å². The maximum Gasteiger partial charge on any atom is 0.268 e. The van der Waals surface area contributed by atoms with Crippen molar-refractivity contribution in [2.24, 2.45) is 0 Å². The minimum absolute atomic E-state index is 0.0150. The predicted octanol–water partition coefficient (Wildman–Crippen LogP) is 4.45. The third-order valence-corrected chi connectivity index (χ3v) is 6.07. The van der Waals surface area contributed by atoms with E-state index in [1.165, 1.54) is 18.2 Å². The van der Waals surface area contributed by atoms with Crippen LogP contribution < -0.4 is 10.1 Å². The number of aryl methyl sites for hydroxylation is 1. The Hall–Kier alpha value is -3.98. The Morgan fingerprint density at radius 3 is 2.26 bits per heavy atom.